The standard InChI is InChI=1S/C20H33N3O2S.HI/c1-7-21-18(23-12-13-26(24,25)20(5,6)15-23)22-14-19(3,4)17-11-9-8-10-16(17)2;/h8-11H,7,12-15H2,1-6H3,(H,21,22);1H. The van der Waals surface area contributed by atoms with Crippen LogP contribution in [0.2, 0.25) is 0 Å². The number of hydrogen-bond acceptors (Lipinski definition) is 3. The summed E-state index contributed by atoms with van der Waals surface area (Å²) in [6.45, 7) is 14.5. The highest BCUT2D eigenvalue weighted by atomic mass is 127. The van der Waals surface area contributed by atoms with Gasteiger partial charge in [0.1, 0.15) is 0 Å². The molecule has 154 valence electrons. The highest BCUT2D eigenvalue weighted by Gasteiger charge is 2.41. The summed E-state index contributed by atoms with van der Waals surface area (Å²) in [6.07, 6.45) is 0. The van der Waals surface area contributed by atoms with Crippen molar-refractivity contribution in [2.24, 2.45) is 4.99 Å². The van der Waals surface area contributed by atoms with E-state index >= 15 is 0 Å². The van der Waals surface area contributed by atoms with Crippen molar-refractivity contribution in [3.05, 3.63) is 35.4 Å². The minimum atomic E-state index is -3.06. The zero-order valence-electron chi connectivity index (χ0n) is 17.4. The summed E-state index contributed by atoms with van der Waals surface area (Å²) in [7, 11) is -3.06. The predicted molar refractivity (Wildman–Crippen MR) is 125 cm³/mol. The molecule has 2 rings (SSSR count). The van der Waals surface area contributed by atoms with Gasteiger partial charge >= 0.3 is 0 Å². The zero-order valence-corrected chi connectivity index (χ0v) is 20.5. The van der Waals surface area contributed by atoms with Crippen LogP contribution in [0.5, 0.6) is 0 Å². The number of sulfone groups is 1. The van der Waals surface area contributed by atoms with Gasteiger partial charge in [-0.05, 0) is 38.8 Å². The second-order valence-corrected chi connectivity index (χ2v) is 11.1. The Kier molecular flexibility index (Phi) is 8.17. The normalized spacial score (nSPS) is 19.3. The lowest BCUT2D eigenvalue weighted by atomic mass is 9.82. The van der Waals surface area contributed by atoms with E-state index < -0.39 is 14.6 Å². The molecule has 0 radical (unpaired) electrons. The summed E-state index contributed by atoms with van der Waals surface area (Å²) in [5.41, 5.74) is 2.47. The van der Waals surface area contributed by atoms with Gasteiger partial charge in [0.2, 0.25) is 0 Å². The monoisotopic (exact) mass is 507 g/mol. The van der Waals surface area contributed by atoms with Gasteiger partial charge in [0.05, 0.1) is 17.0 Å². The van der Waals surface area contributed by atoms with Gasteiger partial charge < -0.3 is 10.2 Å². The third-order valence-electron chi connectivity index (χ3n) is 5.18. The van der Waals surface area contributed by atoms with Crippen LogP contribution in [0.1, 0.15) is 45.7 Å². The maximum Gasteiger partial charge on any atom is 0.194 e. The van der Waals surface area contributed by atoms with Crippen molar-refractivity contribution in [1.82, 2.24) is 10.2 Å². The first-order valence-corrected chi connectivity index (χ1v) is 11.0. The summed E-state index contributed by atoms with van der Waals surface area (Å²) in [6, 6.07) is 8.41. The number of rotatable bonds is 4. The number of aliphatic imine (C=N–C) groups is 1. The van der Waals surface area contributed by atoms with Gasteiger partial charge in [-0.1, -0.05) is 38.1 Å². The average Bonchev–Trinajstić information content (AvgIpc) is 2.54. The van der Waals surface area contributed by atoms with Gasteiger partial charge in [-0.2, -0.15) is 0 Å². The van der Waals surface area contributed by atoms with Crippen molar-refractivity contribution in [3.8, 4) is 0 Å². The molecular formula is C20H34IN3O2S. The second kappa shape index (κ2) is 9.11. The van der Waals surface area contributed by atoms with Crippen LogP contribution in [-0.2, 0) is 15.3 Å². The molecule has 1 aromatic rings. The Morgan fingerprint density at radius 1 is 1.30 bits per heavy atom. The van der Waals surface area contributed by atoms with Crippen molar-refractivity contribution < 1.29 is 8.42 Å². The van der Waals surface area contributed by atoms with E-state index in [2.05, 4.69) is 55.3 Å². The van der Waals surface area contributed by atoms with Crippen molar-refractivity contribution in [1.29, 1.82) is 0 Å². The number of hydrogen-bond donors (Lipinski definition) is 1. The summed E-state index contributed by atoms with van der Waals surface area (Å²) in [4.78, 5) is 6.96. The van der Waals surface area contributed by atoms with E-state index in [1.807, 2.05) is 6.92 Å². The molecule has 1 aliphatic heterocycles. The van der Waals surface area contributed by atoms with Gasteiger partial charge in [0, 0.05) is 25.0 Å². The van der Waals surface area contributed by atoms with Crippen LogP contribution >= 0.6 is 24.0 Å². The van der Waals surface area contributed by atoms with E-state index in [4.69, 9.17) is 4.99 Å². The van der Waals surface area contributed by atoms with E-state index in [9.17, 15) is 8.42 Å². The Balaban J connectivity index is 0.00000364. The third kappa shape index (κ3) is 5.59. The molecule has 0 amide bonds. The molecule has 1 aromatic carbocycles. The lowest BCUT2D eigenvalue weighted by Crippen LogP contribution is -2.57. The fourth-order valence-corrected chi connectivity index (χ4v) is 4.81. The molecule has 0 saturated carbocycles. The fourth-order valence-electron chi connectivity index (χ4n) is 3.44. The maximum atomic E-state index is 12.3. The summed E-state index contributed by atoms with van der Waals surface area (Å²) >= 11 is 0. The average molecular weight is 507 g/mol. The van der Waals surface area contributed by atoms with Crippen molar-refractivity contribution in [2.75, 3.05) is 31.9 Å². The largest absolute Gasteiger partial charge is 0.357 e. The van der Waals surface area contributed by atoms with E-state index in [1.54, 1.807) is 13.8 Å². The molecule has 1 aliphatic rings. The number of benzene rings is 1. The van der Waals surface area contributed by atoms with Crippen molar-refractivity contribution >= 4 is 39.8 Å². The second-order valence-electron chi connectivity index (χ2n) is 8.37. The van der Waals surface area contributed by atoms with Crippen LogP contribution in [0, 0.1) is 6.92 Å². The Morgan fingerprint density at radius 2 is 1.93 bits per heavy atom. The molecule has 0 unspecified atom stereocenters. The Bertz CT molecular complexity index is 773. The summed E-state index contributed by atoms with van der Waals surface area (Å²) in [5.74, 6) is 0.975. The molecule has 0 bridgehead atoms. The molecule has 1 heterocycles. The summed E-state index contributed by atoms with van der Waals surface area (Å²) in [5, 5.41) is 3.34. The Labute approximate surface area is 182 Å². The Morgan fingerprint density at radius 3 is 2.48 bits per heavy atom. The maximum absolute atomic E-state index is 12.3. The predicted octanol–water partition coefficient (Wildman–Crippen LogP) is 3.37. The van der Waals surface area contributed by atoms with E-state index in [1.165, 1.54) is 11.1 Å². The first-order chi connectivity index (χ1) is 12.0. The zero-order chi connectivity index (χ0) is 19.6. The van der Waals surface area contributed by atoms with Gasteiger partial charge in [-0.3, -0.25) is 4.99 Å². The third-order valence-corrected chi connectivity index (χ3v) is 7.71. The van der Waals surface area contributed by atoms with Crippen LogP contribution in [0.3, 0.4) is 0 Å². The molecule has 0 aliphatic carbocycles. The highest BCUT2D eigenvalue weighted by molar-refractivity contribution is 14.0. The number of halogens is 1. The molecule has 1 fully saturated rings. The molecule has 7 heteroatoms. The molecule has 27 heavy (non-hydrogen) atoms. The van der Waals surface area contributed by atoms with Crippen LogP contribution in [0.4, 0.5) is 0 Å². The minimum Gasteiger partial charge on any atom is -0.357 e. The molecule has 0 aromatic heterocycles. The summed E-state index contributed by atoms with van der Waals surface area (Å²) < 4.78 is 23.8. The molecule has 0 atom stereocenters. The Hall–Kier alpha value is -0.830. The number of aryl methyl sites for hydroxylation is 1. The molecule has 5 nitrogen and oxygen atoms in total. The fraction of sp³-hybridized carbons (Fsp3) is 0.650. The topological polar surface area (TPSA) is 61.8 Å². The smallest absolute Gasteiger partial charge is 0.194 e. The van der Waals surface area contributed by atoms with E-state index in [0.717, 1.165) is 12.5 Å². The van der Waals surface area contributed by atoms with Crippen LogP contribution in [0.15, 0.2) is 29.3 Å². The first-order valence-electron chi connectivity index (χ1n) is 9.32. The van der Waals surface area contributed by atoms with Crippen molar-refractivity contribution in [2.45, 2.75) is 51.7 Å². The number of nitrogens with zero attached hydrogens (tertiary/aromatic N) is 2. The quantitative estimate of drug-likeness (QED) is 0.386. The molecule has 0 spiro atoms. The van der Waals surface area contributed by atoms with E-state index in [0.29, 0.717) is 19.6 Å². The van der Waals surface area contributed by atoms with Gasteiger partial charge in [0.15, 0.2) is 15.8 Å². The van der Waals surface area contributed by atoms with E-state index in [-0.39, 0.29) is 35.1 Å². The van der Waals surface area contributed by atoms with Gasteiger partial charge in [-0.25, -0.2) is 8.42 Å². The van der Waals surface area contributed by atoms with Crippen molar-refractivity contribution in [3.63, 3.8) is 0 Å². The van der Waals surface area contributed by atoms with Crippen LogP contribution in [-0.4, -0.2) is 56.0 Å². The highest BCUT2D eigenvalue weighted by Crippen LogP contribution is 2.27. The lowest BCUT2D eigenvalue weighted by molar-refractivity contribution is 0.352. The number of guanidine groups is 1. The SMILES string of the molecule is CCNC(=NCC(C)(C)c1ccccc1C)N1CCS(=O)(=O)C(C)(C)C1.I. The minimum absolute atomic E-state index is 0. The number of nitrogens with one attached hydrogen (secondary N) is 1. The molecular weight excluding hydrogens is 473 g/mol. The van der Waals surface area contributed by atoms with Crippen LogP contribution in [0.25, 0.3) is 0 Å². The van der Waals surface area contributed by atoms with Crippen LogP contribution < -0.4 is 5.32 Å². The molecule has 1 saturated heterocycles. The lowest BCUT2D eigenvalue weighted by Gasteiger charge is -2.39. The van der Waals surface area contributed by atoms with Gasteiger partial charge in [-0.15, -0.1) is 24.0 Å². The molecule has 1 N–H and O–H groups in total. The van der Waals surface area contributed by atoms with Gasteiger partial charge in [0.25, 0.3) is 0 Å². The first kappa shape index (κ1) is 24.2.